The van der Waals surface area contributed by atoms with Crippen LogP contribution in [0.2, 0.25) is 0 Å². The van der Waals surface area contributed by atoms with Crippen molar-refractivity contribution in [1.82, 2.24) is 9.97 Å². The molecular formula is C11H8F3N3. The van der Waals surface area contributed by atoms with Gasteiger partial charge in [-0.2, -0.15) is 13.2 Å². The summed E-state index contributed by atoms with van der Waals surface area (Å²) in [5.74, 6) is 0. The number of hydrogen-bond donors (Lipinski definition) is 1. The van der Waals surface area contributed by atoms with Crippen molar-refractivity contribution in [2.24, 2.45) is 0 Å². The third kappa shape index (κ3) is 2.20. The standard InChI is InChI=1S/C11H8F3N3/c12-11(13,14)9-2-4-16-5-8(9)7-1-3-17-6-10(7)15/h1-6H,15H2. The maximum atomic E-state index is 12.8. The second-order valence-electron chi connectivity index (χ2n) is 3.38. The summed E-state index contributed by atoms with van der Waals surface area (Å²) in [6.07, 6.45) is 0.507. The lowest BCUT2D eigenvalue weighted by Gasteiger charge is -2.13. The predicted octanol–water partition coefficient (Wildman–Crippen LogP) is 2.74. The SMILES string of the molecule is Nc1cnccc1-c1cnccc1C(F)(F)F. The van der Waals surface area contributed by atoms with E-state index in [9.17, 15) is 13.2 Å². The Morgan fingerprint density at radius 1 is 0.941 bits per heavy atom. The molecule has 0 amide bonds. The highest BCUT2D eigenvalue weighted by Crippen LogP contribution is 2.37. The van der Waals surface area contributed by atoms with Crippen molar-refractivity contribution in [1.29, 1.82) is 0 Å². The van der Waals surface area contributed by atoms with Gasteiger partial charge in [0.25, 0.3) is 0 Å². The molecule has 0 aliphatic carbocycles. The molecule has 2 rings (SSSR count). The molecule has 0 aliphatic rings. The first kappa shape index (κ1) is 11.4. The van der Waals surface area contributed by atoms with Crippen molar-refractivity contribution < 1.29 is 13.2 Å². The molecule has 0 atom stereocenters. The molecule has 0 spiro atoms. The van der Waals surface area contributed by atoms with Gasteiger partial charge in [0.2, 0.25) is 0 Å². The monoisotopic (exact) mass is 239 g/mol. The van der Waals surface area contributed by atoms with Crippen molar-refractivity contribution >= 4 is 5.69 Å². The third-order valence-electron chi connectivity index (χ3n) is 2.27. The summed E-state index contributed by atoms with van der Waals surface area (Å²) < 4.78 is 38.3. The number of nitrogens with zero attached hydrogens (tertiary/aromatic N) is 2. The van der Waals surface area contributed by atoms with E-state index in [1.165, 1.54) is 18.5 Å². The molecule has 0 radical (unpaired) electrons. The Kier molecular flexibility index (Phi) is 2.71. The zero-order valence-corrected chi connectivity index (χ0v) is 8.57. The molecule has 0 aromatic carbocycles. The molecule has 2 aromatic heterocycles. The first-order valence-electron chi connectivity index (χ1n) is 4.71. The number of pyridine rings is 2. The molecule has 2 N–H and O–H groups in total. The molecule has 0 aliphatic heterocycles. The number of rotatable bonds is 1. The quantitative estimate of drug-likeness (QED) is 0.832. The van der Waals surface area contributed by atoms with E-state index in [2.05, 4.69) is 9.97 Å². The minimum Gasteiger partial charge on any atom is -0.397 e. The summed E-state index contributed by atoms with van der Waals surface area (Å²) in [4.78, 5) is 7.44. The number of halogens is 3. The van der Waals surface area contributed by atoms with Gasteiger partial charge < -0.3 is 5.73 Å². The van der Waals surface area contributed by atoms with Crippen LogP contribution in [0.25, 0.3) is 11.1 Å². The van der Waals surface area contributed by atoms with E-state index in [-0.39, 0.29) is 16.8 Å². The Hall–Kier alpha value is -2.11. The Morgan fingerprint density at radius 3 is 2.24 bits per heavy atom. The van der Waals surface area contributed by atoms with E-state index in [0.717, 1.165) is 18.5 Å². The summed E-state index contributed by atoms with van der Waals surface area (Å²) in [5, 5.41) is 0. The van der Waals surface area contributed by atoms with Crippen LogP contribution in [0.5, 0.6) is 0 Å². The summed E-state index contributed by atoms with van der Waals surface area (Å²) in [6, 6.07) is 2.36. The van der Waals surface area contributed by atoms with Crippen LogP contribution in [0.1, 0.15) is 5.56 Å². The number of hydrogen-bond acceptors (Lipinski definition) is 3. The molecule has 17 heavy (non-hydrogen) atoms. The molecule has 0 saturated heterocycles. The normalized spacial score (nSPS) is 11.5. The summed E-state index contributed by atoms with van der Waals surface area (Å²) in [5.41, 5.74) is 5.27. The van der Waals surface area contributed by atoms with E-state index in [1.807, 2.05) is 0 Å². The minimum atomic E-state index is -4.44. The fourth-order valence-corrected chi connectivity index (χ4v) is 1.51. The van der Waals surface area contributed by atoms with E-state index in [0.29, 0.717) is 0 Å². The maximum Gasteiger partial charge on any atom is 0.417 e. The lowest BCUT2D eigenvalue weighted by Crippen LogP contribution is -2.08. The van der Waals surface area contributed by atoms with Gasteiger partial charge in [0.15, 0.2) is 0 Å². The van der Waals surface area contributed by atoms with Gasteiger partial charge in [0, 0.05) is 29.7 Å². The van der Waals surface area contributed by atoms with Crippen LogP contribution < -0.4 is 5.73 Å². The lowest BCUT2D eigenvalue weighted by atomic mass is 10.0. The van der Waals surface area contributed by atoms with Gasteiger partial charge in [-0.05, 0) is 12.1 Å². The second kappa shape index (κ2) is 4.04. The number of anilines is 1. The molecule has 0 unspecified atom stereocenters. The van der Waals surface area contributed by atoms with Gasteiger partial charge in [-0.3, -0.25) is 9.97 Å². The van der Waals surface area contributed by atoms with Gasteiger partial charge in [0.05, 0.1) is 17.4 Å². The second-order valence-corrected chi connectivity index (χ2v) is 3.38. The Morgan fingerprint density at radius 2 is 1.59 bits per heavy atom. The van der Waals surface area contributed by atoms with E-state index in [4.69, 9.17) is 5.73 Å². The summed E-state index contributed by atoms with van der Waals surface area (Å²) in [7, 11) is 0. The highest BCUT2D eigenvalue weighted by atomic mass is 19.4. The summed E-state index contributed by atoms with van der Waals surface area (Å²) in [6.45, 7) is 0. The molecule has 0 fully saturated rings. The van der Waals surface area contributed by atoms with Gasteiger partial charge in [0.1, 0.15) is 0 Å². The molecule has 2 heterocycles. The van der Waals surface area contributed by atoms with Gasteiger partial charge in [-0.25, -0.2) is 0 Å². The van der Waals surface area contributed by atoms with E-state index >= 15 is 0 Å². The highest BCUT2D eigenvalue weighted by Gasteiger charge is 2.33. The van der Waals surface area contributed by atoms with Crippen molar-refractivity contribution in [2.45, 2.75) is 6.18 Å². The number of nitrogen functional groups attached to an aromatic ring is 1. The van der Waals surface area contributed by atoms with Gasteiger partial charge >= 0.3 is 6.18 Å². The molecule has 88 valence electrons. The van der Waals surface area contributed by atoms with Crippen molar-refractivity contribution in [3.63, 3.8) is 0 Å². The Labute approximate surface area is 95.1 Å². The van der Waals surface area contributed by atoms with Crippen molar-refractivity contribution in [3.8, 4) is 11.1 Å². The smallest absolute Gasteiger partial charge is 0.397 e. The van der Waals surface area contributed by atoms with Crippen molar-refractivity contribution in [2.75, 3.05) is 5.73 Å². The number of alkyl halides is 3. The molecule has 0 bridgehead atoms. The third-order valence-corrected chi connectivity index (χ3v) is 2.27. The zero-order chi connectivity index (χ0) is 12.5. The van der Waals surface area contributed by atoms with Crippen LogP contribution in [0.15, 0.2) is 36.9 Å². The Balaban J connectivity index is 2.65. The van der Waals surface area contributed by atoms with Gasteiger partial charge in [-0.1, -0.05) is 0 Å². The number of nitrogens with two attached hydrogens (primary N) is 1. The molecule has 3 nitrogen and oxygen atoms in total. The predicted molar refractivity (Wildman–Crippen MR) is 56.9 cm³/mol. The average molecular weight is 239 g/mol. The number of aromatic nitrogens is 2. The maximum absolute atomic E-state index is 12.8. The first-order valence-corrected chi connectivity index (χ1v) is 4.71. The average Bonchev–Trinajstić information content (AvgIpc) is 2.28. The zero-order valence-electron chi connectivity index (χ0n) is 8.57. The van der Waals surface area contributed by atoms with Gasteiger partial charge in [-0.15, -0.1) is 0 Å². The first-order chi connectivity index (χ1) is 8.00. The van der Waals surface area contributed by atoms with E-state index < -0.39 is 11.7 Å². The molecule has 0 saturated carbocycles. The lowest BCUT2D eigenvalue weighted by molar-refractivity contribution is -0.137. The fraction of sp³-hybridized carbons (Fsp3) is 0.0909. The van der Waals surface area contributed by atoms with Crippen LogP contribution in [0.4, 0.5) is 18.9 Å². The van der Waals surface area contributed by atoms with Crippen LogP contribution >= 0.6 is 0 Å². The van der Waals surface area contributed by atoms with Crippen LogP contribution in [0, 0.1) is 0 Å². The topological polar surface area (TPSA) is 51.8 Å². The largest absolute Gasteiger partial charge is 0.417 e. The molecule has 2 aromatic rings. The summed E-state index contributed by atoms with van der Waals surface area (Å²) >= 11 is 0. The molecule has 6 heteroatoms. The van der Waals surface area contributed by atoms with Crippen LogP contribution in [-0.2, 0) is 6.18 Å². The highest BCUT2D eigenvalue weighted by molar-refractivity contribution is 5.77. The Bertz CT molecular complexity index is 537. The fourth-order valence-electron chi connectivity index (χ4n) is 1.51. The molecular weight excluding hydrogens is 231 g/mol. The van der Waals surface area contributed by atoms with Crippen LogP contribution in [-0.4, -0.2) is 9.97 Å². The van der Waals surface area contributed by atoms with Crippen LogP contribution in [0.3, 0.4) is 0 Å². The van der Waals surface area contributed by atoms with Crippen molar-refractivity contribution in [3.05, 3.63) is 42.5 Å². The minimum absolute atomic E-state index is 0.0418. The van der Waals surface area contributed by atoms with E-state index in [1.54, 1.807) is 0 Å².